The second kappa shape index (κ2) is 5.44. The van der Waals surface area contributed by atoms with Gasteiger partial charge in [0.2, 0.25) is 0 Å². The maximum Gasteiger partial charge on any atom is 0.0897 e. The summed E-state index contributed by atoms with van der Waals surface area (Å²) in [6.07, 6.45) is 2.49. The normalized spacial score (nSPS) is 15.4. The van der Waals surface area contributed by atoms with Crippen LogP contribution in [0.25, 0.3) is 0 Å². The molecule has 0 fully saturated rings. The molecule has 1 aromatic rings. The number of aliphatic hydroxyl groups excluding tert-OH is 1. The molecule has 0 aromatic carbocycles. The van der Waals surface area contributed by atoms with Gasteiger partial charge >= 0.3 is 0 Å². The van der Waals surface area contributed by atoms with Crippen molar-refractivity contribution in [2.75, 3.05) is 6.54 Å². The average molecular weight is 214 g/mol. The first-order valence-electron chi connectivity index (χ1n) is 4.93. The van der Waals surface area contributed by atoms with Crippen molar-refractivity contribution in [3.05, 3.63) is 16.1 Å². The first-order chi connectivity index (χ1) is 6.59. The summed E-state index contributed by atoms with van der Waals surface area (Å²) in [5.41, 5.74) is 0. The van der Waals surface area contributed by atoms with E-state index in [4.69, 9.17) is 5.11 Å². The van der Waals surface area contributed by atoms with Gasteiger partial charge in [-0.1, -0.05) is 0 Å². The lowest BCUT2D eigenvalue weighted by molar-refractivity contribution is 0.182. The fourth-order valence-electron chi connectivity index (χ4n) is 1.19. The van der Waals surface area contributed by atoms with Crippen LogP contribution in [0.1, 0.15) is 36.2 Å². The van der Waals surface area contributed by atoms with E-state index in [1.807, 2.05) is 20.0 Å². The first kappa shape index (κ1) is 11.6. The van der Waals surface area contributed by atoms with E-state index in [9.17, 15) is 0 Å². The summed E-state index contributed by atoms with van der Waals surface area (Å²) in [4.78, 5) is 5.47. The predicted molar refractivity (Wildman–Crippen MR) is 59.6 cm³/mol. The summed E-state index contributed by atoms with van der Waals surface area (Å²) in [6, 6.07) is 0.333. The molecule has 2 unspecified atom stereocenters. The number of aliphatic hydroxyl groups is 1. The van der Waals surface area contributed by atoms with Crippen LogP contribution < -0.4 is 5.32 Å². The van der Waals surface area contributed by atoms with Gasteiger partial charge in [-0.2, -0.15) is 0 Å². The minimum atomic E-state index is -0.224. The Hall–Kier alpha value is -0.450. The van der Waals surface area contributed by atoms with E-state index in [2.05, 4.69) is 17.2 Å². The molecular weight excluding hydrogens is 196 g/mol. The molecule has 0 aliphatic rings. The largest absolute Gasteiger partial charge is 0.393 e. The minimum Gasteiger partial charge on any atom is -0.393 e. The molecule has 4 heteroatoms. The molecule has 2 N–H and O–H groups in total. The van der Waals surface area contributed by atoms with E-state index >= 15 is 0 Å². The summed E-state index contributed by atoms with van der Waals surface area (Å²) in [7, 11) is 0. The van der Waals surface area contributed by atoms with Gasteiger partial charge in [0.05, 0.1) is 11.1 Å². The van der Waals surface area contributed by atoms with Gasteiger partial charge in [-0.05, 0) is 33.7 Å². The number of aromatic nitrogens is 1. The van der Waals surface area contributed by atoms with E-state index in [1.165, 1.54) is 4.88 Å². The molecular formula is C10H18N2OS. The maximum absolute atomic E-state index is 9.09. The number of hydrogen-bond donors (Lipinski definition) is 2. The predicted octanol–water partition coefficient (Wildman–Crippen LogP) is 1.87. The third-order valence-electron chi connectivity index (χ3n) is 2.08. The van der Waals surface area contributed by atoms with Crippen LogP contribution in [0, 0.1) is 6.92 Å². The second-order valence-electron chi connectivity index (χ2n) is 3.60. The monoisotopic (exact) mass is 214 g/mol. The fraction of sp³-hybridized carbons (Fsp3) is 0.700. The molecule has 0 radical (unpaired) electrons. The molecule has 2 atom stereocenters. The molecule has 1 rings (SSSR count). The molecule has 1 heterocycles. The Balaban J connectivity index is 2.32. The Morgan fingerprint density at radius 3 is 2.79 bits per heavy atom. The molecule has 0 bridgehead atoms. The summed E-state index contributed by atoms with van der Waals surface area (Å²) < 4.78 is 0. The Labute approximate surface area is 89.2 Å². The molecule has 0 saturated carbocycles. The number of nitrogens with zero attached hydrogens (tertiary/aromatic N) is 1. The van der Waals surface area contributed by atoms with E-state index in [1.54, 1.807) is 11.3 Å². The summed E-state index contributed by atoms with van der Waals surface area (Å²) in [6.45, 7) is 6.78. The molecule has 0 amide bonds. The van der Waals surface area contributed by atoms with Gasteiger partial charge in [0, 0.05) is 17.1 Å². The van der Waals surface area contributed by atoms with Gasteiger partial charge in [0.15, 0.2) is 0 Å². The van der Waals surface area contributed by atoms with Crippen LogP contribution in [0.5, 0.6) is 0 Å². The van der Waals surface area contributed by atoms with Crippen molar-refractivity contribution >= 4 is 11.3 Å². The third-order valence-corrected chi connectivity index (χ3v) is 3.17. The van der Waals surface area contributed by atoms with Crippen molar-refractivity contribution in [1.82, 2.24) is 10.3 Å². The van der Waals surface area contributed by atoms with Crippen LogP contribution >= 0.6 is 11.3 Å². The number of rotatable bonds is 5. The van der Waals surface area contributed by atoms with Crippen molar-refractivity contribution in [3.8, 4) is 0 Å². The number of thiazole rings is 1. The minimum absolute atomic E-state index is 0.224. The number of hydrogen-bond acceptors (Lipinski definition) is 4. The Bertz CT molecular complexity index is 273. The molecule has 80 valence electrons. The van der Waals surface area contributed by atoms with Crippen LogP contribution in [0.3, 0.4) is 0 Å². The molecule has 14 heavy (non-hydrogen) atoms. The summed E-state index contributed by atoms with van der Waals surface area (Å²) in [5, 5.41) is 13.5. The quantitative estimate of drug-likeness (QED) is 0.786. The number of nitrogens with one attached hydrogen (secondary N) is 1. The van der Waals surface area contributed by atoms with E-state index in [0.717, 1.165) is 18.0 Å². The van der Waals surface area contributed by atoms with Crippen LogP contribution in [0.15, 0.2) is 6.20 Å². The van der Waals surface area contributed by atoms with Gasteiger partial charge in [-0.3, -0.25) is 0 Å². The van der Waals surface area contributed by atoms with Crippen molar-refractivity contribution in [2.45, 2.75) is 39.3 Å². The fourth-order valence-corrected chi connectivity index (χ4v) is 2.00. The van der Waals surface area contributed by atoms with Crippen LogP contribution in [-0.2, 0) is 0 Å². The smallest absolute Gasteiger partial charge is 0.0897 e. The summed E-state index contributed by atoms with van der Waals surface area (Å²) >= 11 is 1.72. The first-order valence-corrected chi connectivity index (χ1v) is 5.75. The molecule has 0 saturated heterocycles. The van der Waals surface area contributed by atoms with Crippen molar-refractivity contribution in [2.24, 2.45) is 0 Å². The second-order valence-corrected chi connectivity index (χ2v) is 4.86. The van der Waals surface area contributed by atoms with Gasteiger partial charge in [0.25, 0.3) is 0 Å². The van der Waals surface area contributed by atoms with Crippen LogP contribution in [-0.4, -0.2) is 22.7 Å². The highest BCUT2D eigenvalue weighted by Gasteiger charge is 2.07. The maximum atomic E-state index is 9.09. The summed E-state index contributed by atoms with van der Waals surface area (Å²) in [5.74, 6) is 0. The van der Waals surface area contributed by atoms with E-state index in [-0.39, 0.29) is 6.10 Å². The van der Waals surface area contributed by atoms with E-state index < -0.39 is 0 Å². The van der Waals surface area contributed by atoms with Crippen LogP contribution in [0.2, 0.25) is 0 Å². The molecule has 0 spiro atoms. The average Bonchev–Trinajstić information content (AvgIpc) is 2.51. The Morgan fingerprint density at radius 2 is 2.29 bits per heavy atom. The molecule has 0 aliphatic carbocycles. The lowest BCUT2D eigenvalue weighted by Gasteiger charge is -2.12. The number of aryl methyl sites for hydroxylation is 1. The highest BCUT2D eigenvalue weighted by atomic mass is 32.1. The lowest BCUT2D eigenvalue weighted by Crippen LogP contribution is -2.21. The highest BCUT2D eigenvalue weighted by molar-refractivity contribution is 7.11. The van der Waals surface area contributed by atoms with E-state index in [0.29, 0.717) is 6.04 Å². The third kappa shape index (κ3) is 3.74. The topological polar surface area (TPSA) is 45.2 Å². The van der Waals surface area contributed by atoms with Gasteiger partial charge in [0.1, 0.15) is 0 Å². The van der Waals surface area contributed by atoms with Crippen molar-refractivity contribution in [3.63, 3.8) is 0 Å². The van der Waals surface area contributed by atoms with Gasteiger partial charge in [-0.25, -0.2) is 4.98 Å². The molecule has 3 nitrogen and oxygen atoms in total. The van der Waals surface area contributed by atoms with Gasteiger partial charge in [-0.15, -0.1) is 11.3 Å². The zero-order valence-corrected chi connectivity index (χ0v) is 9.77. The zero-order chi connectivity index (χ0) is 10.6. The Morgan fingerprint density at radius 1 is 1.57 bits per heavy atom. The van der Waals surface area contributed by atoms with Crippen molar-refractivity contribution in [1.29, 1.82) is 0 Å². The van der Waals surface area contributed by atoms with Gasteiger partial charge < -0.3 is 10.4 Å². The molecule has 0 aliphatic heterocycles. The highest BCUT2D eigenvalue weighted by Crippen LogP contribution is 2.19. The standard InChI is InChI=1S/C10H18N2OS/c1-7(13)4-5-11-8(2)10-6-12-9(3)14-10/h6-8,11,13H,4-5H2,1-3H3. The zero-order valence-electron chi connectivity index (χ0n) is 8.95. The van der Waals surface area contributed by atoms with Crippen LogP contribution in [0.4, 0.5) is 0 Å². The molecule has 1 aromatic heterocycles. The van der Waals surface area contributed by atoms with Crippen molar-refractivity contribution < 1.29 is 5.11 Å². The Kier molecular flexibility index (Phi) is 4.51. The SMILES string of the molecule is Cc1ncc(C(C)NCCC(C)O)s1. The lowest BCUT2D eigenvalue weighted by atomic mass is 10.2.